The molecule has 0 N–H and O–H groups in total. The molecule has 0 saturated heterocycles. The van der Waals surface area contributed by atoms with Gasteiger partial charge in [-0.1, -0.05) is 50.2 Å². The molecule has 0 saturated carbocycles. The maximum atomic E-state index is 12.3. The van der Waals surface area contributed by atoms with Gasteiger partial charge in [-0.3, -0.25) is 0 Å². The summed E-state index contributed by atoms with van der Waals surface area (Å²) in [6.45, 7) is 4.49. The Morgan fingerprint density at radius 2 is 1.71 bits per heavy atom. The van der Waals surface area contributed by atoms with Crippen LogP contribution in [0.25, 0.3) is 0 Å². The Morgan fingerprint density at radius 1 is 1.04 bits per heavy atom. The maximum Gasteiger partial charge on any atom is 0.356 e. The summed E-state index contributed by atoms with van der Waals surface area (Å²) in [6, 6.07) is 16.7. The summed E-state index contributed by atoms with van der Waals surface area (Å²) in [6.07, 6.45) is 3.30. The van der Waals surface area contributed by atoms with Crippen LogP contribution in [0.15, 0.2) is 61.1 Å². The van der Waals surface area contributed by atoms with Crippen molar-refractivity contribution in [3.8, 4) is 5.75 Å². The van der Waals surface area contributed by atoms with Crippen LogP contribution in [0.2, 0.25) is 0 Å². The van der Waals surface area contributed by atoms with Crippen LogP contribution >= 0.6 is 0 Å². The molecule has 1 aliphatic rings. The smallest absolute Gasteiger partial charge is 0.356 e. The van der Waals surface area contributed by atoms with Gasteiger partial charge in [-0.2, -0.15) is 0 Å². The van der Waals surface area contributed by atoms with Crippen molar-refractivity contribution in [1.29, 1.82) is 0 Å². The van der Waals surface area contributed by atoms with Crippen LogP contribution in [0.5, 0.6) is 5.75 Å². The Labute approximate surface area is 164 Å². The first-order valence-corrected chi connectivity index (χ1v) is 9.32. The molecule has 5 heteroatoms. The zero-order valence-corrected chi connectivity index (χ0v) is 16.5. The van der Waals surface area contributed by atoms with E-state index in [1.165, 1.54) is 23.8 Å². The van der Waals surface area contributed by atoms with E-state index in [0.29, 0.717) is 5.69 Å². The number of esters is 1. The fraction of sp³-hybridized carbons (Fsp3) is 0.304. The lowest BCUT2D eigenvalue weighted by Crippen LogP contribution is -2.29. The van der Waals surface area contributed by atoms with Crippen LogP contribution < -0.4 is 4.74 Å². The van der Waals surface area contributed by atoms with Crippen LogP contribution in [-0.4, -0.2) is 29.7 Å². The molecule has 0 amide bonds. The highest BCUT2D eigenvalue weighted by Gasteiger charge is 2.49. The molecule has 0 fully saturated rings. The number of methoxy groups -OCH3 is 2. The second-order valence-corrected chi connectivity index (χ2v) is 7.74. The van der Waals surface area contributed by atoms with Crippen LogP contribution in [0, 0.1) is 5.41 Å². The molecule has 0 unspecified atom stereocenters. The molecule has 2 aromatic carbocycles. The predicted octanol–water partition coefficient (Wildman–Crippen LogP) is 4.44. The van der Waals surface area contributed by atoms with Gasteiger partial charge in [0.15, 0.2) is 0 Å². The monoisotopic (exact) mass is 376 g/mol. The van der Waals surface area contributed by atoms with Crippen LogP contribution in [0.4, 0.5) is 0 Å². The van der Waals surface area contributed by atoms with Crippen LogP contribution in [-0.2, 0) is 4.74 Å². The fourth-order valence-electron chi connectivity index (χ4n) is 4.67. The molecule has 4 rings (SSSR count). The summed E-state index contributed by atoms with van der Waals surface area (Å²) >= 11 is 0. The second kappa shape index (κ2) is 6.82. The van der Waals surface area contributed by atoms with Gasteiger partial charge in [0.1, 0.15) is 11.4 Å². The number of carbonyl (C=O) groups excluding carboxylic acids is 1. The Hall–Kier alpha value is -3.08. The average molecular weight is 376 g/mol. The van der Waals surface area contributed by atoms with Crippen molar-refractivity contribution in [2.45, 2.75) is 25.8 Å². The largest absolute Gasteiger partial charge is 0.497 e. The highest BCUT2D eigenvalue weighted by molar-refractivity contribution is 5.87. The van der Waals surface area contributed by atoms with Gasteiger partial charge in [0, 0.05) is 11.3 Å². The Kier molecular flexibility index (Phi) is 4.46. The molecule has 3 aromatic rings. The van der Waals surface area contributed by atoms with Crippen molar-refractivity contribution in [1.82, 2.24) is 9.55 Å². The molecule has 2 atom stereocenters. The number of aromatic nitrogens is 2. The third-order valence-corrected chi connectivity index (χ3v) is 5.84. The number of rotatable bonds is 4. The summed E-state index contributed by atoms with van der Waals surface area (Å²) in [5.74, 6) is 0.637. The van der Waals surface area contributed by atoms with E-state index in [9.17, 15) is 4.79 Å². The van der Waals surface area contributed by atoms with Gasteiger partial charge in [0.05, 0.1) is 32.8 Å². The minimum Gasteiger partial charge on any atom is -0.497 e. The molecule has 0 spiro atoms. The fourth-order valence-corrected chi connectivity index (χ4v) is 4.67. The first-order valence-electron chi connectivity index (χ1n) is 9.32. The topological polar surface area (TPSA) is 53.3 Å². The number of benzene rings is 2. The third kappa shape index (κ3) is 2.70. The van der Waals surface area contributed by atoms with Gasteiger partial charge < -0.3 is 14.0 Å². The first kappa shape index (κ1) is 18.3. The van der Waals surface area contributed by atoms with Crippen molar-refractivity contribution in [2.24, 2.45) is 5.41 Å². The van der Waals surface area contributed by atoms with E-state index >= 15 is 0 Å². The quantitative estimate of drug-likeness (QED) is 0.632. The molecule has 1 aromatic heterocycles. The van der Waals surface area contributed by atoms with E-state index in [-0.39, 0.29) is 23.3 Å². The summed E-state index contributed by atoms with van der Waals surface area (Å²) in [5.41, 5.74) is 3.97. The third-order valence-electron chi connectivity index (χ3n) is 5.84. The number of nitrogens with zero attached hydrogens (tertiary/aromatic N) is 2. The Morgan fingerprint density at radius 3 is 2.36 bits per heavy atom. The van der Waals surface area contributed by atoms with E-state index in [0.717, 1.165) is 5.75 Å². The number of hydrogen-bond acceptors (Lipinski definition) is 4. The standard InChI is InChI=1S/C23H24N2O3/c1-23(2)20(15-9-11-16(27-3)12-10-15)17-7-5-6-8-18(17)21(23)25-14-24-13-19(25)22(26)28-4/h5-14,20-21H,1-4H3/t20-,21-/m0/s1. The Balaban J connectivity index is 1.88. The molecular formula is C23H24N2O3. The molecule has 0 aliphatic heterocycles. The lowest BCUT2D eigenvalue weighted by Gasteiger charge is -2.35. The average Bonchev–Trinajstić information content (AvgIpc) is 3.26. The van der Waals surface area contributed by atoms with Gasteiger partial charge in [-0.15, -0.1) is 0 Å². The summed E-state index contributed by atoms with van der Waals surface area (Å²) < 4.78 is 12.3. The molecule has 144 valence electrons. The van der Waals surface area contributed by atoms with Gasteiger partial charge in [-0.05, 0) is 28.8 Å². The van der Waals surface area contributed by atoms with Crippen molar-refractivity contribution in [3.63, 3.8) is 0 Å². The van der Waals surface area contributed by atoms with E-state index in [2.05, 4.69) is 49.2 Å². The highest BCUT2D eigenvalue weighted by Crippen LogP contribution is 2.58. The maximum absolute atomic E-state index is 12.3. The number of hydrogen-bond donors (Lipinski definition) is 0. The van der Waals surface area contributed by atoms with Gasteiger partial charge in [-0.25, -0.2) is 9.78 Å². The number of imidazole rings is 1. The van der Waals surface area contributed by atoms with Crippen molar-refractivity contribution < 1.29 is 14.3 Å². The van der Waals surface area contributed by atoms with Gasteiger partial charge in [0.25, 0.3) is 0 Å². The predicted molar refractivity (Wildman–Crippen MR) is 107 cm³/mol. The molecule has 0 bridgehead atoms. The van der Waals surface area contributed by atoms with Crippen molar-refractivity contribution >= 4 is 5.97 Å². The SMILES string of the molecule is COC(=O)c1cncn1[C@H]1c2ccccc2[C@H](c2ccc(OC)cc2)C1(C)C. The first-order chi connectivity index (χ1) is 13.5. The summed E-state index contributed by atoms with van der Waals surface area (Å²) in [5, 5.41) is 0. The lowest BCUT2D eigenvalue weighted by atomic mass is 9.73. The van der Waals surface area contributed by atoms with E-state index < -0.39 is 0 Å². The van der Waals surface area contributed by atoms with Crippen molar-refractivity contribution in [3.05, 3.63) is 83.4 Å². The van der Waals surface area contributed by atoms with Gasteiger partial charge in [0.2, 0.25) is 0 Å². The normalized spacial score (nSPS) is 19.9. The highest BCUT2D eigenvalue weighted by atomic mass is 16.5. The lowest BCUT2D eigenvalue weighted by molar-refractivity contribution is 0.0582. The summed E-state index contributed by atoms with van der Waals surface area (Å²) in [4.78, 5) is 16.5. The van der Waals surface area contributed by atoms with Crippen LogP contribution in [0.1, 0.15) is 53.0 Å². The summed E-state index contributed by atoms with van der Waals surface area (Å²) in [7, 11) is 3.07. The Bertz CT molecular complexity index is 1000. The molecule has 28 heavy (non-hydrogen) atoms. The zero-order valence-electron chi connectivity index (χ0n) is 16.5. The minimum atomic E-state index is -0.376. The van der Waals surface area contributed by atoms with Gasteiger partial charge >= 0.3 is 5.97 Å². The molecule has 5 nitrogen and oxygen atoms in total. The molecular weight excluding hydrogens is 352 g/mol. The van der Waals surface area contributed by atoms with E-state index in [4.69, 9.17) is 9.47 Å². The molecule has 1 heterocycles. The number of carbonyl (C=O) groups is 1. The number of ether oxygens (including phenoxy) is 2. The molecule has 0 radical (unpaired) electrons. The number of fused-ring (bicyclic) bond motifs is 1. The van der Waals surface area contributed by atoms with Crippen molar-refractivity contribution in [2.75, 3.05) is 14.2 Å². The minimum absolute atomic E-state index is 0.0348. The van der Waals surface area contributed by atoms with E-state index in [1.54, 1.807) is 19.6 Å². The second-order valence-electron chi connectivity index (χ2n) is 7.74. The zero-order chi connectivity index (χ0) is 19.9. The van der Waals surface area contributed by atoms with Crippen LogP contribution in [0.3, 0.4) is 0 Å². The van der Waals surface area contributed by atoms with E-state index in [1.807, 2.05) is 22.8 Å². The molecule has 1 aliphatic carbocycles.